The van der Waals surface area contributed by atoms with E-state index in [4.69, 9.17) is 5.73 Å². The molecule has 0 heterocycles. The van der Waals surface area contributed by atoms with Gasteiger partial charge >= 0.3 is 6.03 Å². The second-order valence-corrected chi connectivity index (χ2v) is 4.02. The standard InChI is InChI=1S/C11H16N2OS/c1-3-8-6-5-7-10(9(8)4-2)15-13-11(12)14/h5-7H,3-4H2,1-2H3,(H3,12,13,14). The molecule has 0 aromatic heterocycles. The Morgan fingerprint density at radius 3 is 2.67 bits per heavy atom. The topological polar surface area (TPSA) is 55.1 Å². The van der Waals surface area contributed by atoms with Gasteiger partial charge in [0.15, 0.2) is 0 Å². The molecule has 0 spiro atoms. The monoisotopic (exact) mass is 224 g/mol. The number of carbonyl (C=O) groups excluding carboxylic acids is 1. The van der Waals surface area contributed by atoms with E-state index in [1.165, 1.54) is 23.1 Å². The first-order valence-electron chi connectivity index (χ1n) is 5.02. The van der Waals surface area contributed by atoms with E-state index < -0.39 is 6.03 Å². The number of carbonyl (C=O) groups is 1. The lowest BCUT2D eigenvalue weighted by atomic mass is 10.0. The number of nitrogens with two attached hydrogens (primary N) is 1. The predicted molar refractivity (Wildman–Crippen MR) is 63.8 cm³/mol. The van der Waals surface area contributed by atoms with Crippen molar-refractivity contribution in [3.8, 4) is 0 Å². The van der Waals surface area contributed by atoms with E-state index in [9.17, 15) is 4.79 Å². The second kappa shape index (κ2) is 5.66. The lowest BCUT2D eigenvalue weighted by Crippen LogP contribution is -2.23. The summed E-state index contributed by atoms with van der Waals surface area (Å²) in [5, 5.41) is 0. The van der Waals surface area contributed by atoms with E-state index in [1.54, 1.807) is 0 Å². The molecule has 0 unspecified atom stereocenters. The largest absolute Gasteiger partial charge is 0.351 e. The van der Waals surface area contributed by atoms with Crippen molar-refractivity contribution in [1.29, 1.82) is 0 Å². The van der Waals surface area contributed by atoms with Crippen molar-refractivity contribution in [1.82, 2.24) is 4.72 Å². The first-order chi connectivity index (χ1) is 7.19. The fraction of sp³-hybridized carbons (Fsp3) is 0.364. The van der Waals surface area contributed by atoms with Crippen molar-refractivity contribution >= 4 is 18.0 Å². The molecule has 1 aromatic rings. The lowest BCUT2D eigenvalue weighted by Gasteiger charge is -2.11. The van der Waals surface area contributed by atoms with Crippen LogP contribution in [0.1, 0.15) is 25.0 Å². The maximum Gasteiger partial charge on any atom is 0.322 e. The van der Waals surface area contributed by atoms with Gasteiger partial charge in [0.2, 0.25) is 0 Å². The van der Waals surface area contributed by atoms with E-state index in [0.29, 0.717) is 0 Å². The van der Waals surface area contributed by atoms with Crippen molar-refractivity contribution < 1.29 is 4.79 Å². The molecule has 3 N–H and O–H groups in total. The zero-order chi connectivity index (χ0) is 11.3. The summed E-state index contributed by atoms with van der Waals surface area (Å²) in [5.41, 5.74) is 7.65. The Morgan fingerprint density at radius 1 is 1.40 bits per heavy atom. The minimum Gasteiger partial charge on any atom is -0.351 e. The van der Waals surface area contributed by atoms with Crippen LogP contribution in [0.3, 0.4) is 0 Å². The molecule has 82 valence electrons. The fourth-order valence-corrected chi connectivity index (χ4v) is 2.30. The highest BCUT2D eigenvalue weighted by Gasteiger charge is 2.06. The molecule has 0 aliphatic rings. The van der Waals surface area contributed by atoms with Crippen molar-refractivity contribution in [2.45, 2.75) is 31.6 Å². The van der Waals surface area contributed by atoms with Gasteiger partial charge in [0, 0.05) is 4.90 Å². The third kappa shape index (κ3) is 3.16. The molecule has 0 aliphatic carbocycles. The van der Waals surface area contributed by atoms with Gasteiger partial charge in [-0.3, -0.25) is 4.72 Å². The zero-order valence-electron chi connectivity index (χ0n) is 9.04. The average Bonchev–Trinajstić information content (AvgIpc) is 2.25. The molecule has 1 rings (SSSR count). The van der Waals surface area contributed by atoms with Gasteiger partial charge in [-0.15, -0.1) is 0 Å². The maximum atomic E-state index is 10.6. The first kappa shape index (κ1) is 11.9. The SMILES string of the molecule is CCc1cccc(SNC(N)=O)c1CC. The summed E-state index contributed by atoms with van der Waals surface area (Å²) in [6.07, 6.45) is 1.97. The maximum absolute atomic E-state index is 10.6. The minimum atomic E-state index is -0.510. The highest BCUT2D eigenvalue weighted by atomic mass is 32.2. The van der Waals surface area contributed by atoms with Crippen LogP contribution < -0.4 is 10.5 Å². The number of primary amides is 1. The van der Waals surface area contributed by atoms with Crippen molar-refractivity contribution in [2.75, 3.05) is 0 Å². The lowest BCUT2D eigenvalue weighted by molar-refractivity contribution is 0.254. The number of aryl methyl sites for hydroxylation is 1. The van der Waals surface area contributed by atoms with Crippen molar-refractivity contribution in [2.24, 2.45) is 5.73 Å². The van der Waals surface area contributed by atoms with E-state index >= 15 is 0 Å². The van der Waals surface area contributed by atoms with Gasteiger partial charge in [-0.05, 0) is 42.0 Å². The Balaban J connectivity index is 2.90. The van der Waals surface area contributed by atoms with Crippen LogP contribution in [0.15, 0.2) is 23.1 Å². The van der Waals surface area contributed by atoms with Crippen LogP contribution in [0.25, 0.3) is 0 Å². The third-order valence-electron chi connectivity index (χ3n) is 2.23. The summed E-state index contributed by atoms with van der Waals surface area (Å²) in [4.78, 5) is 11.7. The van der Waals surface area contributed by atoms with Crippen molar-refractivity contribution in [3.05, 3.63) is 29.3 Å². The molecule has 0 saturated carbocycles. The number of benzene rings is 1. The van der Waals surface area contributed by atoms with Gasteiger partial charge in [0.1, 0.15) is 0 Å². The summed E-state index contributed by atoms with van der Waals surface area (Å²) in [5.74, 6) is 0. The molecule has 3 nitrogen and oxygen atoms in total. The molecular formula is C11H16N2OS. The van der Waals surface area contributed by atoms with Gasteiger partial charge < -0.3 is 5.73 Å². The van der Waals surface area contributed by atoms with Gasteiger partial charge in [0.25, 0.3) is 0 Å². The molecule has 0 saturated heterocycles. The molecule has 0 bridgehead atoms. The molecule has 0 radical (unpaired) electrons. The molecule has 2 amide bonds. The molecule has 15 heavy (non-hydrogen) atoms. The molecule has 0 atom stereocenters. The molecule has 0 aliphatic heterocycles. The quantitative estimate of drug-likeness (QED) is 0.772. The van der Waals surface area contributed by atoms with Crippen LogP contribution in [-0.4, -0.2) is 6.03 Å². The Labute approximate surface area is 94.6 Å². The number of amides is 2. The first-order valence-corrected chi connectivity index (χ1v) is 5.83. The Kier molecular flexibility index (Phi) is 4.49. The third-order valence-corrected chi connectivity index (χ3v) is 3.13. The predicted octanol–water partition coefficient (Wildman–Crippen LogP) is 2.49. The van der Waals surface area contributed by atoms with Crippen LogP contribution >= 0.6 is 11.9 Å². The molecule has 1 aromatic carbocycles. The van der Waals surface area contributed by atoms with Crippen LogP contribution in [0.5, 0.6) is 0 Å². The highest BCUT2D eigenvalue weighted by Crippen LogP contribution is 2.24. The minimum absolute atomic E-state index is 0.510. The number of rotatable bonds is 4. The van der Waals surface area contributed by atoms with Gasteiger partial charge in [0.05, 0.1) is 0 Å². The average molecular weight is 224 g/mol. The van der Waals surface area contributed by atoms with Gasteiger partial charge in [-0.25, -0.2) is 4.79 Å². The van der Waals surface area contributed by atoms with Gasteiger partial charge in [-0.1, -0.05) is 26.0 Å². The molecular weight excluding hydrogens is 208 g/mol. The number of hydrogen-bond acceptors (Lipinski definition) is 2. The number of nitrogens with one attached hydrogen (secondary N) is 1. The van der Waals surface area contributed by atoms with Crippen LogP contribution in [0, 0.1) is 0 Å². The summed E-state index contributed by atoms with van der Waals surface area (Å²) in [7, 11) is 0. The normalized spacial score (nSPS) is 10.0. The smallest absolute Gasteiger partial charge is 0.322 e. The van der Waals surface area contributed by atoms with Crippen LogP contribution in [0.2, 0.25) is 0 Å². The summed E-state index contributed by atoms with van der Waals surface area (Å²) in [6.45, 7) is 4.24. The molecule has 4 heteroatoms. The van der Waals surface area contributed by atoms with Crippen LogP contribution in [-0.2, 0) is 12.8 Å². The van der Waals surface area contributed by atoms with E-state index in [1.807, 2.05) is 12.1 Å². The van der Waals surface area contributed by atoms with Crippen LogP contribution in [0.4, 0.5) is 4.79 Å². The number of urea groups is 1. The number of hydrogen-bond donors (Lipinski definition) is 2. The Bertz CT molecular complexity index is 352. The van der Waals surface area contributed by atoms with E-state index in [0.717, 1.165) is 17.7 Å². The van der Waals surface area contributed by atoms with Gasteiger partial charge in [-0.2, -0.15) is 0 Å². The van der Waals surface area contributed by atoms with E-state index in [2.05, 4.69) is 24.6 Å². The summed E-state index contributed by atoms with van der Waals surface area (Å²) >= 11 is 1.28. The summed E-state index contributed by atoms with van der Waals surface area (Å²) < 4.78 is 2.54. The summed E-state index contributed by atoms with van der Waals surface area (Å²) in [6, 6.07) is 5.61. The molecule has 0 fully saturated rings. The zero-order valence-corrected chi connectivity index (χ0v) is 9.86. The Hall–Kier alpha value is -1.16. The van der Waals surface area contributed by atoms with Crippen molar-refractivity contribution in [3.63, 3.8) is 0 Å². The fourth-order valence-electron chi connectivity index (χ4n) is 1.54. The second-order valence-electron chi connectivity index (χ2n) is 3.17. The highest BCUT2D eigenvalue weighted by molar-refractivity contribution is 7.98. The van der Waals surface area contributed by atoms with E-state index in [-0.39, 0.29) is 0 Å². The Morgan fingerprint density at radius 2 is 2.13 bits per heavy atom.